The van der Waals surface area contributed by atoms with Crippen LogP contribution in [-0.2, 0) is 9.59 Å². The van der Waals surface area contributed by atoms with Crippen molar-refractivity contribution >= 4 is 40.3 Å². The second-order valence-corrected chi connectivity index (χ2v) is 23.7. The summed E-state index contributed by atoms with van der Waals surface area (Å²) in [6, 6.07) is 23.0. The molecule has 6 aromatic rings. The number of carbonyl (C=O) groups excluding carboxylic acids is 2. The molecule has 8 heterocycles. The van der Waals surface area contributed by atoms with Crippen molar-refractivity contribution in [2.75, 3.05) is 54.9 Å². The number of benzene rings is 2. The number of hydrogen-bond acceptors (Lipinski definition) is 17. The lowest BCUT2D eigenvalue weighted by Crippen LogP contribution is -2.54. The fourth-order valence-electron chi connectivity index (χ4n) is 12.8. The maximum Gasteiger partial charge on any atom is 0.254 e. The van der Waals surface area contributed by atoms with Crippen LogP contribution in [0.4, 0.5) is 17.2 Å². The highest BCUT2D eigenvalue weighted by atomic mass is 32.1. The van der Waals surface area contributed by atoms with Crippen LogP contribution in [0.1, 0.15) is 108 Å². The summed E-state index contributed by atoms with van der Waals surface area (Å²) in [5.41, 5.74) is 14.5. The summed E-state index contributed by atoms with van der Waals surface area (Å²) < 4.78 is 18.4. The number of pyridine rings is 1. The van der Waals surface area contributed by atoms with E-state index in [9.17, 15) is 19.8 Å². The second kappa shape index (κ2) is 22.9. The molecule has 2 aromatic carbocycles. The minimum Gasteiger partial charge on any atom is -0.507 e. The number of likely N-dealkylation sites (tertiary alicyclic amines) is 2. The van der Waals surface area contributed by atoms with Crippen molar-refractivity contribution in [1.29, 1.82) is 0 Å². The number of nitrogens with zero attached hydrogens (tertiary/aromatic N) is 9. The molecule has 4 aliphatic heterocycles. The number of nitrogen functional groups attached to an aromatic ring is 1. The van der Waals surface area contributed by atoms with Crippen molar-refractivity contribution in [3.05, 3.63) is 102 Å². The molecule has 412 valence electrons. The molecule has 5 aliphatic rings. The van der Waals surface area contributed by atoms with E-state index in [2.05, 4.69) is 64.4 Å². The third kappa shape index (κ3) is 11.4. The van der Waals surface area contributed by atoms with E-state index < -0.39 is 18.1 Å². The van der Waals surface area contributed by atoms with Crippen LogP contribution in [0.25, 0.3) is 21.7 Å². The number of nitrogens with one attached hydrogen (secondary N) is 1. The number of aliphatic hydroxyl groups is 1. The van der Waals surface area contributed by atoms with Gasteiger partial charge in [0.15, 0.2) is 11.6 Å². The van der Waals surface area contributed by atoms with Crippen molar-refractivity contribution in [3.8, 4) is 39.2 Å². The summed E-state index contributed by atoms with van der Waals surface area (Å²) in [5, 5.41) is 37.1. The second-order valence-electron chi connectivity index (χ2n) is 22.8. The summed E-state index contributed by atoms with van der Waals surface area (Å²) in [6.45, 7) is 14.4. The highest BCUT2D eigenvalue weighted by Crippen LogP contribution is 2.41. The highest BCUT2D eigenvalue weighted by molar-refractivity contribution is 7.13. The van der Waals surface area contributed by atoms with Gasteiger partial charge < -0.3 is 54.9 Å². The Balaban J connectivity index is 0.610. The Morgan fingerprint density at radius 3 is 2.42 bits per heavy atom. The van der Waals surface area contributed by atoms with Crippen LogP contribution in [0.3, 0.4) is 0 Å². The number of ether oxygens (including phenoxy) is 2. The largest absolute Gasteiger partial charge is 0.507 e. The standard InChI is InChI=1S/C59H73N11O7S/c1-34(2)55(59(74)69-32-45(71)26-50(69)58(73)63-36(4)40-10-12-41(13-11-40)56-37(5)62-33-78-56)52-28-54(66-77-52)75-21-18-38-17-20-67(35(3)22-38)29-39-23-46(24-39)76-53-25-42(16-19-61-53)70-43-14-15-44(70)31-68(30-43)49-27-48(64-65-57(49)60)47-8-6-7-9-51(47)72/h6-13,16,19,25,27-28,33-36,38-39,43-46,50,55,71-72H,14-15,17-18,20-24,26,29-32H2,1-5H3,(H2,60,65)(H,63,73)/t35-,36+,38+,39?,43?,44?,45-,46?,50+,55+/m1/s1. The predicted octanol–water partition coefficient (Wildman–Crippen LogP) is 8.41. The Labute approximate surface area is 460 Å². The van der Waals surface area contributed by atoms with Gasteiger partial charge in [0.2, 0.25) is 17.7 Å². The van der Waals surface area contributed by atoms with Crippen LogP contribution in [0.5, 0.6) is 17.5 Å². The molecule has 2 unspecified atom stereocenters. The molecule has 2 amide bonds. The van der Waals surface area contributed by atoms with E-state index in [0.29, 0.717) is 71.2 Å². The van der Waals surface area contributed by atoms with E-state index in [1.165, 1.54) is 4.90 Å². The molecule has 5 fully saturated rings. The minimum atomic E-state index is -0.821. The minimum absolute atomic E-state index is 0.0623. The number of thiazole rings is 1. The molecular formula is C59H73N11O7S. The molecule has 1 saturated carbocycles. The van der Waals surface area contributed by atoms with Gasteiger partial charge in [0, 0.05) is 80.3 Å². The first-order chi connectivity index (χ1) is 37.7. The van der Waals surface area contributed by atoms with Gasteiger partial charge in [-0.3, -0.25) is 9.59 Å². The number of amides is 2. The van der Waals surface area contributed by atoms with Crippen LogP contribution in [-0.4, -0.2) is 133 Å². The molecule has 18 nitrogen and oxygen atoms in total. The van der Waals surface area contributed by atoms with E-state index >= 15 is 0 Å². The van der Waals surface area contributed by atoms with Crippen LogP contribution in [0, 0.1) is 24.7 Å². The number of aromatic nitrogens is 5. The number of phenols is 1. The number of piperazine rings is 1. The monoisotopic (exact) mass is 1080 g/mol. The van der Waals surface area contributed by atoms with E-state index in [-0.39, 0.29) is 48.6 Å². The summed E-state index contributed by atoms with van der Waals surface area (Å²) >= 11 is 1.60. The van der Waals surface area contributed by atoms with Gasteiger partial charge in [-0.15, -0.1) is 21.5 Å². The third-order valence-electron chi connectivity index (χ3n) is 17.1. The van der Waals surface area contributed by atoms with E-state index in [1.54, 1.807) is 29.5 Å². The molecule has 11 rings (SSSR count). The van der Waals surface area contributed by atoms with Crippen molar-refractivity contribution < 1.29 is 33.8 Å². The first-order valence-electron chi connectivity index (χ1n) is 27.9. The van der Waals surface area contributed by atoms with Gasteiger partial charge in [-0.25, -0.2) is 9.97 Å². The van der Waals surface area contributed by atoms with Crippen LogP contribution < -0.4 is 30.3 Å². The Morgan fingerprint density at radius 2 is 1.69 bits per heavy atom. The number of anilines is 3. The zero-order chi connectivity index (χ0) is 54.2. The van der Waals surface area contributed by atoms with Crippen LogP contribution >= 0.6 is 11.3 Å². The van der Waals surface area contributed by atoms with Crippen molar-refractivity contribution in [3.63, 3.8) is 0 Å². The number of β-amino-alcohol motifs (C(OH)–C–C–N with tert-alkyl or cyclic N) is 1. The van der Waals surface area contributed by atoms with Gasteiger partial charge in [0.1, 0.15) is 23.8 Å². The zero-order valence-corrected chi connectivity index (χ0v) is 46.1. The van der Waals surface area contributed by atoms with Gasteiger partial charge in [0.05, 0.1) is 46.2 Å². The Kier molecular flexibility index (Phi) is 15.6. The average Bonchev–Trinajstić information content (AvgIpc) is 4.34. The van der Waals surface area contributed by atoms with Gasteiger partial charge in [0.25, 0.3) is 5.88 Å². The maximum absolute atomic E-state index is 14.3. The summed E-state index contributed by atoms with van der Waals surface area (Å²) in [7, 11) is 0. The Hall–Kier alpha value is -6.83. The number of hydrogen-bond donors (Lipinski definition) is 4. The average molecular weight is 1080 g/mol. The molecule has 4 saturated heterocycles. The molecule has 8 atom stereocenters. The molecule has 0 spiro atoms. The maximum atomic E-state index is 14.3. The molecular weight excluding hydrogens is 1010 g/mol. The van der Waals surface area contributed by atoms with Gasteiger partial charge in [-0.1, -0.05) is 50.2 Å². The van der Waals surface area contributed by atoms with Gasteiger partial charge in [-0.2, -0.15) is 0 Å². The lowest BCUT2D eigenvalue weighted by atomic mass is 9.80. The normalized spacial score (nSPS) is 25.0. The molecule has 5 N–H and O–H groups in total. The van der Waals surface area contributed by atoms with Crippen molar-refractivity contribution in [2.45, 2.75) is 134 Å². The van der Waals surface area contributed by atoms with Crippen LogP contribution in [0.15, 0.2) is 89.0 Å². The fraction of sp³-hybridized carbons (Fsp3) is 0.508. The van der Waals surface area contributed by atoms with Gasteiger partial charge >= 0.3 is 0 Å². The number of fused-ring (bicyclic) bond motifs is 2. The quantitative estimate of drug-likeness (QED) is 0.0634. The number of rotatable bonds is 18. The summed E-state index contributed by atoms with van der Waals surface area (Å²) in [5.74, 6) is 1.62. The summed E-state index contributed by atoms with van der Waals surface area (Å²) in [4.78, 5) is 47.2. The molecule has 19 heteroatoms. The Bertz CT molecular complexity index is 3040. The number of aromatic hydroxyl groups is 1. The summed E-state index contributed by atoms with van der Waals surface area (Å²) in [6.07, 6.45) is 8.65. The number of nitrogens with two attached hydrogens (primary N) is 1. The smallest absolute Gasteiger partial charge is 0.254 e. The lowest BCUT2D eigenvalue weighted by molar-refractivity contribution is -0.141. The molecule has 2 bridgehead atoms. The van der Waals surface area contributed by atoms with E-state index in [1.807, 2.05) is 81.9 Å². The first-order valence-corrected chi connectivity index (χ1v) is 28.8. The van der Waals surface area contributed by atoms with Crippen molar-refractivity contribution in [2.24, 2.45) is 17.8 Å². The Morgan fingerprint density at radius 1 is 0.910 bits per heavy atom. The van der Waals surface area contributed by atoms with E-state index in [0.717, 1.165) is 104 Å². The number of para-hydroxylation sites is 1. The molecule has 1 aliphatic carbocycles. The highest BCUT2D eigenvalue weighted by Gasteiger charge is 2.45. The SMILES string of the molecule is Cc1ncsc1-c1ccc([C@H](C)NC(=O)[C@@H]2C[C@@H](O)CN2C(=O)[C@H](c2cc(OCC[C@@H]3CCN(CC4CC(Oc5cc(N6C7CCC6CN(c6cc(-c8ccccc8O)nnc6N)C7)ccn5)C4)[C@H](C)C3)no2)C(C)C)cc1. The van der Waals surface area contributed by atoms with E-state index in [4.69, 9.17) is 19.7 Å². The zero-order valence-electron chi connectivity index (χ0n) is 45.3. The number of carbonyl (C=O) groups is 2. The number of phenolic OH excluding ortho intramolecular Hbond substituents is 1. The van der Waals surface area contributed by atoms with Crippen LogP contribution in [0.2, 0.25) is 0 Å². The molecule has 78 heavy (non-hydrogen) atoms. The molecule has 4 aromatic heterocycles. The predicted molar refractivity (Wildman–Crippen MR) is 299 cm³/mol. The number of piperidine rings is 1. The topological polar surface area (TPSA) is 222 Å². The lowest BCUT2D eigenvalue weighted by Gasteiger charge is -2.44. The number of aliphatic hydroxyl groups excluding tert-OH is 1. The molecule has 0 radical (unpaired) electrons. The third-order valence-corrected chi connectivity index (χ3v) is 18.1. The van der Waals surface area contributed by atoms with Gasteiger partial charge in [-0.05, 0) is 131 Å². The fourth-order valence-corrected chi connectivity index (χ4v) is 13.6. The first kappa shape index (κ1) is 53.2. The van der Waals surface area contributed by atoms with Crippen molar-refractivity contribution in [1.82, 2.24) is 40.4 Å². The number of aryl methyl sites for hydroxylation is 1.